The molecule has 7 nitrogen and oxygen atoms in total. The number of nitrogens with one attached hydrogen (secondary N) is 1. The monoisotopic (exact) mass is 435 g/mol. The average molecular weight is 436 g/mol. The molecule has 1 unspecified atom stereocenters. The van der Waals surface area contributed by atoms with Crippen LogP contribution in [-0.2, 0) is 16.1 Å². The highest BCUT2D eigenvalue weighted by atomic mass is 16.2. The maximum absolute atomic E-state index is 13.1. The molecule has 1 atom stereocenters. The van der Waals surface area contributed by atoms with Gasteiger partial charge in [-0.1, -0.05) is 42.0 Å². The SMILES string of the molecule is CCNC(=O)C(C)N(Cc1cccc(C)c1)C(=O)CCCN1C(=O)c2ccccc2C1=O. The number of hydrogen-bond donors (Lipinski definition) is 1. The first kappa shape index (κ1) is 23.2. The number of likely N-dealkylation sites (N-methyl/N-ethyl adjacent to an activating group) is 1. The molecule has 2 aromatic rings. The van der Waals surface area contributed by atoms with Gasteiger partial charge in [-0.25, -0.2) is 0 Å². The summed E-state index contributed by atoms with van der Waals surface area (Å²) in [6.07, 6.45) is 0.458. The molecule has 7 heteroatoms. The first-order valence-electron chi connectivity index (χ1n) is 10.9. The van der Waals surface area contributed by atoms with E-state index in [2.05, 4.69) is 5.32 Å². The molecular formula is C25H29N3O4. The second-order valence-electron chi connectivity index (χ2n) is 7.99. The molecule has 4 amide bonds. The first-order chi connectivity index (χ1) is 15.3. The van der Waals surface area contributed by atoms with Crippen LogP contribution in [0, 0.1) is 6.92 Å². The molecule has 3 rings (SSSR count). The van der Waals surface area contributed by atoms with Crippen LogP contribution in [0.4, 0.5) is 0 Å². The molecule has 1 aliphatic heterocycles. The lowest BCUT2D eigenvalue weighted by Gasteiger charge is -2.29. The molecule has 0 spiro atoms. The Labute approximate surface area is 188 Å². The summed E-state index contributed by atoms with van der Waals surface area (Å²) in [4.78, 5) is 53.3. The fourth-order valence-corrected chi connectivity index (χ4v) is 3.89. The fraction of sp³-hybridized carbons (Fsp3) is 0.360. The van der Waals surface area contributed by atoms with E-state index in [-0.39, 0.29) is 36.6 Å². The third kappa shape index (κ3) is 5.04. The van der Waals surface area contributed by atoms with Gasteiger partial charge in [-0.05, 0) is 44.9 Å². The first-order valence-corrected chi connectivity index (χ1v) is 10.9. The van der Waals surface area contributed by atoms with Crippen molar-refractivity contribution in [3.05, 3.63) is 70.8 Å². The molecule has 0 saturated carbocycles. The van der Waals surface area contributed by atoms with Gasteiger partial charge in [0, 0.05) is 26.1 Å². The highest BCUT2D eigenvalue weighted by Gasteiger charge is 2.35. The third-order valence-corrected chi connectivity index (χ3v) is 5.60. The molecule has 0 aromatic heterocycles. The van der Waals surface area contributed by atoms with Crippen molar-refractivity contribution in [2.75, 3.05) is 13.1 Å². The summed E-state index contributed by atoms with van der Waals surface area (Å²) >= 11 is 0. The van der Waals surface area contributed by atoms with Crippen molar-refractivity contribution >= 4 is 23.6 Å². The number of imide groups is 1. The average Bonchev–Trinajstić information content (AvgIpc) is 3.02. The Hall–Kier alpha value is -3.48. The van der Waals surface area contributed by atoms with Crippen molar-refractivity contribution in [3.63, 3.8) is 0 Å². The lowest BCUT2D eigenvalue weighted by atomic mass is 10.1. The molecule has 1 heterocycles. The zero-order valence-corrected chi connectivity index (χ0v) is 18.8. The number of hydrogen-bond acceptors (Lipinski definition) is 4. The molecule has 2 aromatic carbocycles. The summed E-state index contributed by atoms with van der Waals surface area (Å²) in [5.74, 6) is -1.06. The summed E-state index contributed by atoms with van der Waals surface area (Å²) in [6, 6.07) is 13.9. The summed E-state index contributed by atoms with van der Waals surface area (Å²) in [5, 5.41) is 2.77. The molecule has 0 fully saturated rings. The summed E-state index contributed by atoms with van der Waals surface area (Å²) in [5.41, 5.74) is 2.81. The Morgan fingerprint density at radius 1 is 1.03 bits per heavy atom. The Kier molecular flexibility index (Phi) is 7.41. The zero-order chi connectivity index (χ0) is 23.3. The topological polar surface area (TPSA) is 86.8 Å². The standard InChI is InChI=1S/C25H29N3O4/c1-4-26-23(30)18(3)28(16-19-10-7-9-17(2)15-19)22(29)13-8-14-27-24(31)20-11-5-6-12-21(20)25(27)32/h5-7,9-12,15,18H,4,8,13-14,16H2,1-3H3,(H,26,30). The Balaban J connectivity index is 1.66. The lowest BCUT2D eigenvalue weighted by Crippen LogP contribution is -2.47. The fourth-order valence-electron chi connectivity index (χ4n) is 3.89. The largest absolute Gasteiger partial charge is 0.355 e. The van der Waals surface area contributed by atoms with Crippen LogP contribution >= 0.6 is 0 Å². The number of fused-ring (bicyclic) bond motifs is 1. The third-order valence-electron chi connectivity index (χ3n) is 5.60. The van der Waals surface area contributed by atoms with Gasteiger partial charge < -0.3 is 10.2 Å². The van der Waals surface area contributed by atoms with Crippen LogP contribution in [0.3, 0.4) is 0 Å². The number of nitrogens with zero attached hydrogens (tertiary/aromatic N) is 2. The van der Waals surface area contributed by atoms with Crippen LogP contribution in [-0.4, -0.2) is 52.6 Å². The minimum absolute atomic E-state index is 0.128. The van der Waals surface area contributed by atoms with E-state index in [1.807, 2.05) is 38.1 Å². The van der Waals surface area contributed by atoms with Gasteiger partial charge in [0.05, 0.1) is 11.1 Å². The van der Waals surface area contributed by atoms with Crippen molar-refractivity contribution < 1.29 is 19.2 Å². The molecule has 32 heavy (non-hydrogen) atoms. The molecular weight excluding hydrogens is 406 g/mol. The number of amides is 4. The van der Waals surface area contributed by atoms with E-state index in [9.17, 15) is 19.2 Å². The number of rotatable bonds is 9. The number of benzene rings is 2. The second-order valence-corrected chi connectivity index (χ2v) is 7.99. The molecule has 0 radical (unpaired) electrons. The van der Waals surface area contributed by atoms with Crippen molar-refractivity contribution in [3.8, 4) is 0 Å². The highest BCUT2D eigenvalue weighted by Crippen LogP contribution is 2.23. The van der Waals surface area contributed by atoms with E-state index in [1.54, 1.807) is 36.1 Å². The van der Waals surface area contributed by atoms with E-state index in [4.69, 9.17) is 0 Å². The second kappa shape index (κ2) is 10.2. The molecule has 1 aliphatic rings. The minimum Gasteiger partial charge on any atom is -0.355 e. The number of aryl methyl sites for hydroxylation is 1. The van der Waals surface area contributed by atoms with Gasteiger partial charge in [-0.3, -0.25) is 24.1 Å². The van der Waals surface area contributed by atoms with E-state index in [1.165, 1.54) is 4.90 Å². The van der Waals surface area contributed by atoms with E-state index < -0.39 is 6.04 Å². The van der Waals surface area contributed by atoms with Crippen molar-refractivity contribution in [1.82, 2.24) is 15.1 Å². The van der Waals surface area contributed by atoms with E-state index in [0.717, 1.165) is 11.1 Å². The van der Waals surface area contributed by atoms with Gasteiger partial charge in [-0.15, -0.1) is 0 Å². The molecule has 0 bridgehead atoms. The maximum atomic E-state index is 13.1. The van der Waals surface area contributed by atoms with Gasteiger partial charge in [-0.2, -0.15) is 0 Å². The van der Waals surface area contributed by atoms with Crippen LogP contribution in [0.2, 0.25) is 0 Å². The van der Waals surface area contributed by atoms with Gasteiger partial charge in [0.15, 0.2) is 0 Å². The van der Waals surface area contributed by atoms with Crippen LogP contribution in [0.1, 0.15) is 58.5 Å². The normalized spacial score (nSPS) is 13.7. The summed E-state index contributed by atoms with van der Waals surface area (Å²) < 4.78 is 0. The van der Waals surface area contributed by atoms with Gasteiger partial charge in [0.1, 0.15) is 6.04 Å². The Bertz CT molecular complexity index is 998. The van der Waals surface area contributed by atoms with Crippen LogP contribution in [0.15, 0.2) is 48.5 Å². The van der Waals surface area contributed by atoms with E-state index >= 15 is 0 Å². The summed E-state index contributed by atoms with van der Waals surface area (Å²) in [6.45, 7) is 6.47. The number of carbonyl (C=O) groups excluding carboxylic acids is 4. The van der Waals surface area contributed by atoms with Gasteiger partial charge in [0.25, 0.3) is 11.8 Å². The molecule has 1 N–H and O–H groups in total. The zero-order valence-electron chi connectivity index (χ0n) is 18.8. The smallest absolute Gasteiger partial charge is 0.261 e. The van der Waals surface area contributed by atoms with Crippen molar-refractivity contribution in [1.29, 1.82) is 0 Å². The van der Waals surface area contributed by atoms with E-state index in [0.29, 0.717) is 30.6 Å². The minimum atomic E-state index is -0.637. The molecule has 168 valence electrons. The predicted molar refractivity (Wildman–Crippen MR) is 121 cm³/mol. The molecule has 0 aliphatic carbocycles. The van der Waals surface area contributed by atoms with Crippen LogP contribution < -0.4 is 5.32 Å². The quantitative estimate of drug-likeness (QED) is 0.614. The Morgan fingerprint density at radius 2 is 1.69 bits per heavy atom. The van der Waals surface area contributed by atoms with Crippen molar-refractivity contribution in [2.24, 2.45) is 0 Å². The van der Waals surface area contributed by atoms with Gasteiger partial charge in [0.2, 0.25) is 11.8 Å². The predicted octanol–water partition coefficient (Wildman–Crippen LogP) is 2.92. The number of carbonyl (C=O) groups is 4. The van der Waals surface area contributed by atoms with Crippen molar-refractivity contribution in [2.45, 2.75) is 46.2 Å². The molecule has 0 saturated heterocycles. The van der Waals surface area contributed by atoms with Crippen LogP contribution in [0.25, 0.3) is 0 Å². The van der Waals surface area contributed by atoms with Crippen LogP contribution in [0.5, 0.6) is 0 Å². The Morgan fingerprint density at radius 3 is 2.28 bits per heavy atom. The lowest BCUT2D eigenvalue weighted by molar-refractivity contribution is -0.140. The maximum Gasteiger partial charge on any atom is 0.261 e. The van der Waals surface area contributed by atoms with Gasteiger partial charge >= 0.3 is 0 Å². The highest BCUT2D eigenvalue weighted by molar-refractivity contribution is 6.21. The summed E-state index contributed by atoms with van der Waals surface area (Å²) in [7, 11) is 0.